The van der Waals surface area contributed by atoms with Gasteiger partial charge >= 0.3 is 0 Å². The monoisotopic (exact) mass is 256 g/mol. The third-order valence-electron chi connectivity index (χ3n) is 3.20. The van der Waals surface area contributed by atoms with Crippen LogP contribution in [-0.2, 0) is 6.42 Å². The number of aldehydes is 1. The van der Waals surface area contributed by atoms with E-state index < -0.39 is 0 Å². The van der Waals surface area contributed by atoms with Crippen LogP contribution in [0.25, 0.3) is 11.1 Å². The van der Waals surface area contributed by atoms with Crippen molar-refractivity contribution >= 4 is 6.29 Å². The molecule has 0 fully saturated rings. The van der Waals surface area contributed by atoms with E-state index in [1.54, 1.807) is 7.11 Å². The lowest BCUT2D eigenvalue weighted by Gasteiger charge is -2.11. The molecule has 0 amide bonds. The molecule has 0 bridgehead atoms. The number of carbonyl (C=O) groups is 1. The molecule has 0 aliphatic rings. The van der Waals surface area contributed by atoms with Gasteiger partial charge in [0.05, 0.1) is 12.7 Å². The zero-order valence-electron chi connectivity index (χ0n) is 11.0. The van der Waals surface area contributed by atoms with Crippen LogP contribution in [0.4, 0.5) is 0 Å². The van der Waals surface area contributed by atoms with Gasteiger partial charge in [-0.3, -0.25) is 4.79 Å². The van der Waals surface area contributed by atoms with Crippen molar-refractivity contribution in [1.82, 2.24) is 0 Å². The van der Waals surface area contributed by atoms with Crippen molar-refractivity contribution < 1.29 is 14.6 Å². The average Bonchev–Trinajstić information content (AvgIpc) is 2.47. The zero-order chi connectivity index (χ0) is 13.8. The Bertz CT molecular complexity index is 586. The quantitative estimate of drug-likeness (QED) is 0.852. The van der Waals surface area contributed by atoms with Crippen molar-refractivity contribution in [3.8, 4) is 22.6 Å². The molecule has 2 aromatic carbocycles. The molecule has 0 saturated heterocycles. The Kier molecular flexibility index (Phi) is 3.85. The maximum atomic E-state index is 11.2. The molecule has 0 unspecified atom stereocenters. The third-order valence-corrected chi connectivity index (χ3v) is 3.20. The van der Waals surface area contributed by atoms with E-state index in [0.717, 1.165) is 22.4 Å². The summed E-state index contributed by atoms with van der Waals surface area (Å²) in [5.41, 5.74) is 2.72. The van der Waals surface area contributed by atoms with Crippen LogP contribution in [0.1, 0.15) is 22.8 Å². The van der Waals surface area contributed by atoms with Gasteiger partial charge in [-0.25, -0.2) is 0 Å². The normalized spacial score (nSPS) is 10.2. The summed E-state index contributed by atoms with van der Waals surface area (Å²) in [6.07, 6.45) is 1.39. The van der Waals surface area contributed by atoms with Crippen LogP contribution in [-0.4, -0.2) is 18.5 Å². The topological polar surface area (TPSA) is 46.5 Å². The van der Waals surface area contributed by atoms with Gasteiger partial charge in [0.2, 0.25) is 0 Å². The minimum absolute atomic E-state index is 0.0748. The number of ether oxygens (including phenoxy) is 1. The Hall–Kier alpha value is -2.29. The van der Waals surface area contributed by atoms with Gasteiger partial charge in [-0.2, -0.15) is 0 Å². The number of phenolic OH excluding ortho intramolecular Hbond substituents is 1. The number of methoxy groups -OCH3 is 1. The Morgan fingerprint density at radius 1 is 1.16 bits per heavy atom. The number of phenols is 1. The number of aryl methyl sites for hydroxylation is 1. The Morgan fingerprint density at radius 2 is 1.84 bits per heavy atom. The van der Waals surface area contributed by atoms with Crippen LogP contribution in [0.3, 0.4) is 0 Å². The fourth-order valence-electron chi connectivity index (χ4n) is 2.08. The van der Waals surface area contributed by atoms with Crippen LogP contribution in [0, 0.1) is 0 Å². The predicted octanol–water partition coefficient (Wildman–Crippen LogP) is 3.44. The first-order valence-corrected chi connectivity index (χ1v) is 6.15. The van der Waals surface area contributed by atoms with E-state index >= 15 is 0 Å². The summed E-state index contributed by atoms with van der Waals surface area (Å²) in [4.78, 5) is 11.2. The number of aromatic hydroxyl groups is 1. The van der Waals surface area contributed by atoms with E-state index in [1.807, 2.05) is 43.3 Å². The van der Waals surface area contributed by atoms with Crippen molar-refractivity contribution in [2.24, 2.45) is 0 Å². The molecule has 3 nitrogen and oxygen atoms in total. The fraction of sp³-hybridized carbons (Fsp3) is 0.188. The highest BCUT2D eigenvalue weighted by atomic mass is 16.5. The van der Waals surface area contributed by atoms with E-state index in [9.17, 15) is 9.90 Å². The molecule has 0 saturated carbocycles. The third kappa shape index (κ3) is 2.45. The molecule has 19 heavy (non-hydrogen) atoms. The molecule has 0 aromatic heterocycles. The smallest absolute Gasteiger partial charge is 0.154 e. The molecule has 0 aliphatic heterocycles. The van der Waals surface area contributed by atoms with Crippen LogP contribution < -0.4 is 4.74 Å². The van der Waals surface area contributed by atoms with Crippen molar-refractivity contribution in [1.29, 1.82) is 0 Å². The minimum atomic E-state index is 0.0748. The summed E-state index contributed by atoms with van der Waals surface area (Å²) in [6.45, 7) is 1.94. The number of hydrogen-bond donors (Lipinski definition) is 1. The van der Waals surface area contributed by atoms with Crippen LogP contribution in [0.2, 0.25) is 0 Å². The highest BCUT2D eigenvalue weighted by Gasteiger charge is 2.12. The van der Waals surface area contributed by atoms with Gasteiger partial charge in [0.1, 0.15) is 11.5 Å². The zero-order valence-corrected chi connectivity index (χ0v) is 11.0. The molecule has 2 aromatic rings. The van der Waals surface area contributed by atoms with E-state index in [1.165, 1.54) is 0 Å². The summed E-state index contributed by atoms with van der Waals surface area (Å²) < 4.78 is 5.10. The summed E-state index contributed by atoms with van der Waals surface area (Å²) in [5, 5.41) is 10.1. The van der Waals surface area contributed by atoms with Gasteiger partial charge in [0.15, 0.2) is 6.29 Å². The standard InChI is InChI=1S/C16H16O3/c1-3-11-6-9-14(15(10-17)16(11)18)12-4-7-13(19-2)8-5-12/h4-10,18H,3H2,1-2H3. The van der Waals surface area contributed by atoms with Crippen LogP contribution in [0.5, 0.6) is 11.5 Å². The molecule has 98 valence electrons. The van der Waals surface area contributed by atoms with E-state index in [2.05, 4.69) is 0 Å². The first kappa shape index (κ1) is 13.1. The fourth-order valence-corrected chi connectivity index (χ4v) is 2.08. The number of hydrogen-bond acceptors (Lipinski definition) is 3. The van der Waals surface area contributed by atoms with E-state index in [0.29, 0.717) is 18.3 Å². The second kappa shape index (κ2) is 5.57. The molecule has 0 radical (unpaired) electrons. The maximum absolute atomic E-state index is 11.2. The lowest BCUT2D eigenvalue weighted by Crippen LogP contribution is -1.93. The maximum Gasteiger partial charge on any atom is 0.154 e. The SMILES string of the molecule is CCc1ccc(-c2ccc(OC)cc2)c(C=O)c1O. The molecule has 0 aliphatic carbocycles. The summed E-state index contributed by atoms with van der Waals surface area (Å²) >= 11 is 0. The van der Waals surface area contributed by atoms with Crippen molar-refractivity contribution in [3.63, 3.8) is 0 Å². The molecule has 3 heteroatoms. The minimum Gasteiger partial charge on any atom is -0.507 e. The van der Waals surface area contributed by atoms with Gasteiger partial charge in [0, 0.05) is 0 Å². The molecule has 0 atom stereocenters. The predicted molar refractivity (Wildman–Crippen MR) is 74.9 cm³/mol. The van der Waals surface area contributed by atoms with Gasteiger partial charge in [-0.05, 0) is 35.2 Å². The number of rotatable bonds is 4. The average molecular weight is 256 g/mol. The Labute approximate surface area is 112 Å². The van der Waals surface area contributed by atoms with Gasteiger partial charge < -0.3 is 9.84 Å². The van der Waals surface area contributed by atoms with Crippen LogP contribution >= 0.6 is 0 Å². The van der Waals surface area contributed by atoms with Gasteiger partial charge in [0.25, 0.3) is 0 Å². The summed E-state index contributed by atoms with van der Waals surface area (Å²) in [7, 11) is 1.60. The van der Waals surface area contributed by atoms with Crippen LogP contribution in [0.15, 0.2) is 36.4 Å². The summed E-state index contributed by atoms with van der Waals surface area (Å²) in [5.74, 6) is 0.830. The second-order valence-corrected chi connectivity index (χ2v) is 4.23. The lowest BCUT2D eigenvalue weighted by molar-refractivity contribution is 0.112. The largest absolute Gasteiger partial charge is 0.507 e. The van der Waals surface area contributed by atoms with Gasteiger partial charge in [-0.15, -0.1) is 0 Å². The van der Waals surface area contributed by atoms with Crippen molar-refractivity contribution in [2.45, 2.75) is 13.3 Å². The highest BCUT2D eigenvalue weighted by Crippen LogP contribution is 2.32. The van der Waals surface area contributed by atoms with Crippen molar-refractivity contribution in [2.75, 3.05) is 7.11 Å². The number of carbonyl (C=O) groups excluding carboxylic acids is 1. The van der Waals surface area contributed by atoms with E-state index in [4.69, 9.17) is 4.74 Å². The molecule has 0 heterocycles. The van der Waals surface area contributed by atoms with Crippen molar-refractivity contribution in [3.05, 3.63) is 47.5 Å². The van der Waals surface area contributed by atoms with Gasteiger partial charge in [-0.1, -0.05) is 31.2 Å². The lowest BCUT2D eigenvalue weighted by atomic mass is 9.96. The summed E-state index contributed by atoms with van der Waals surface area (Å²) in [6, 6.07) is 11.1. The Balaban J connectivity index is 2.54. The Morgan fingerprint density at radius 3 is 2.37 bits per heavy atom. The second-order valence-electron chi connectivity index (χ2n) is 4.23. The molecular weight excluding hydrogens is 240 g/mol. The first-order valence-electron chi connectivity index (χ1n) is 6.15. The molecular formula is C16H16O3. The molecule has 0 spiro atoms. The first-order chi connectivity index (χ1) is 9.21. The molecule has 2 rings (SSSR count). The molecule has 1 N–H and O–H groups in total. The number of benzene rings is 2. The highest BCUT2D eigenvalue weighted by molar-refractivity contribution is 5.91. The van der Waals surface area contributed by atoms with E-state index in [-0.39, 0.29) is 5.75 Å².